The van der Waals surface area contributed by atoms with Crippen molar-refractivity contribution in [2.75, 3.05) is 23.8 Å². The molecule has 2 N–H and O–H groups in total. The molecule has 6 nitrogen and oxygen atoms in total. The van der Waals surface area contributed by atoms with E-state index in [1.165, 1.54) is 0 Å². The molecule has 0 unspecified atom stereocenters. The summed E-state index contributed by atoms with van der Waals surface area (Å²) in [6.07, 6.45) is 2.05. The molecule has 0 aliphatic rings. The molecule has 29 heavy (non-hydrogen) atoms. The summed E-state index contributed by atoms with van der Waals surface area (Å²) in [6, 6.07) is 13.7. The number of rotatable bonds is 7. The van der Waals surface area contributed by atoms with E-state index in [-0.39, 0.29) is 11.5 Å². The van der Waals surface area contributed by atoms with Crippen molar-refractivity contribution in [1.29, 1.82) is 0 Å². The van der Waals surface area contributed by atoms with Crippen LogP contribution in [0.25, 0.3) is 10.9 Å². The van der Waals surface area contributed by atoms with Gasteiger partial charge in [-0.25, -0.2) is 9.78 Å². The molecule has 0 spiro atoms. The predicted octanol–water partition coefficient (Wildman–Crippen LogP) is 5.18. The fourth-order valence-electron chi connectivity index (χ4n) is 2.98. The number of hydrogen-bond acceptors (Lipinski definition) is 4. The number of unbranched alkanes of at least 4 members (excludes halogenated alkanes) is 1. The van der Waals surface area contributed by atoms with E-state index in [1.54, 1.807) is 48.5 Å². The Kier molecular flexibility index (Phi) is 6.49. The Morgan fingerprint density at radius 3 is 2.52 bits per heavy atom. The zero-order chi connectivity index (χ0) is 21.0. The number of amides is 1. The van der Waals surface area contributed by atoms with Crippen molar-refractivity contribution in [3.05, 3.63) is 64.1 Å². The van der Waals surface area contributed by atoms with Gasteiger partial charge in [0.15, 0.2) is 0 Å². The number of aromatic nitrogens is 1. The number of halogens is 1. The van der Waals surface area contributed by atoms with Crippen LogP contribution in [0.2, 0.25) is 0 Å². The maximum absolute atomic E-state index is 12.5. The van der Waals surface area contributed by atoms with E-state index in [0.717, 1.165) is 23.9 Å². The molecular weight excluding hydrogens is 434 g/mol. The highest BCUT2D eigenvalue weighted by atomic mass is 79.9. The molecule has 0 radical (unpaired) electrons. The second-order valence-electron chi connectivity index (χ2n) is 6.80. The number of nitrogens with zero attached hydrogens (tertiary/aromatic N) is 2. The minimum atomic E-state index is -1.03. The van der Waals surface area contributed by atoms with Gasteiger partial charge in [-0.05, 0) is 55.0 Å². The van der Waals surface area contributed by atoms with Gasteiger partial charge < -0.3 is 15.3 Å². The Labute approximate surface area is 177 Å². The molecule has 1 aromatic heterocycles. The van der Waals surface area contributed by atoms with Crippen LogP contribution in [-0.4, -0.2) is 35.6 Å². The minimum Gasteiger partial charge on any atom is -0.478 e. The van der Waals surface area contributed by atoms with Gasteiger partial charge in [0.25, 0.3) is 5.91 Å². The number of carbonyl (C=O) groups excluding carboxylic acids is 1. The number of pyridine rings is 1. The van der Waals surface area contributed by atoms with Crippen LogP contribution in [0, 0.1) is 0 Å². The third kappa shape index (κ3) is 4.92. The molecule has 0 fully saturated rings. The Morgan fingerprint density at radius 1 is 1.14 bits per heavy atom. The van der Waals surface area contributed by atoms with E-state index in [1.807, 2.05) is 11.9 Å². The topological polar surface area (TPSA) is 82.5 Å². The lowest BCUT2D eigenvalue weighted by Crippen LogP contribution is -2.20. The highest BCUT2D eigenvalue weighted by Gasteiger charge is 2.15. The van der Waals surface area contributed by atoms with Crippen molar-refractivity contribution in [3.63, 3.8) is 0 Å². The lowest BCUT2D eigenvalue weighted by atomic mass is 10.1. The molecule has 0 aliphatic heterocycles. The smallest absolute Gasteiger partial charge is 0.336 e. The first-order chi connectivity index (χ1) is 13.9. The van der Waals surface area contributed by atoms with Crippen LogP contribution in [0.4, 0.5) is 11.5 Å². The van der Waals surface area contributed by atoms with Crippen molar-refractivity contribution < 1.29 is 14.7 Å². The summed E-state index contributed by atoms with van der Waals surface area (Å²) in [6.45, 7) is 2.91. The Hall–Kier alpha value is -2.93. The molecule has 7 heteroatoms. The summed E-state index contributed by atoms with van der Waals surface area (Å²) < 4.78 is 0.886. The zero-order valence-corrected chi connectivity index (χ0v) is 17.9. The number of fused-ring (bicyclic) bond motifs is 1. The lowest BCUT2D eigenvalue weighted by Gasteiger charge is -2.19. The van der Waals surface area contributed by atoms with Crippen LogP contribution < -0.4 is 10.2 Å². The van der Waals surface area contributed by atoms with Gasteiger partial charge in [-0.2, -0.15) is 0 Å². The molecule has 1 heterocycles. The van der Waals surface area contributed by atoms with Gasteiger partial charge in [0.2, 0.25) is 0 Å². The van der Waals surface area contributed by atoms with E-state index in [0.29, 0.717) is 28.0 Å². The number of aromatic carboxylic acids is 1. The average Bonchev–Trinajstić information content (AvgIpc) is 2.71. The standard InChI is InChI=1S/C22H22BrN3O3/c1-3-4-11-26(2)20-13-18(22(28)29)17-12-16(9-10-19(17)25-20)24-21(27)14-5-7-15(23)8-6-14/h5-10,12-13H,3-4,11H2,1-2H3,(H,24,27)(H,28,29). The number of nitrogens with one attached hydrogen (secondary N) is 1. The van der Waals surface area contributed by atoms with Crippen LogP contribution in [0.3, 0.4) is 0 Å². The highest BCUT2D eigenvalue weighted by Crippen LogP contribution is 2.26. The Morgan fingerprint density at radius 2 is 1.86 bits per heavy atom. The summed E-state index contributed by atoms with van der Waals surface area (Å²) in [4.78, 5) is 30.9. The minimum absolute atomic E-state index is 0.160. The number of carboxylic acid groups (broad SMARTS) is 1. The van der Waals surface area contributed by atoms with Crippen molar-refractivity contribution in [2.45, 2.75) is 19.8 Å². The molecule has 0 aliphatic carbocycles. The van der Waals surface area contributed by atoms with Crippen LogP contribution in [-0.2, 0) is 0 Å². The SMILES string of the molecule is CCCCN(C)c1cc(C(=O)O)c2cc(NC(=O)c3ccc(Br)cc3)ccc2n1. The molecule has 0 atom stereocenters. The van der Waals surface area contributed by atoms with Crippen molar-refractivity contribution in [1.82, 2.24) is 4.98 Å². The second-order valence-corrected chi connectivity index (χ2v) is 7.72. The fourth-order valence-corrected chi connectivity index (χ4v) is 3.24. The second kappa shape index (κ2) is 9.05. The summed E-state index contributed by atoms with van der Waals surface area (Å²) in [5.41, 5.74) is 1.76. The van der Waals surface area contributed by atoms with Gasteiger partial charge in [-0.15, -0.1) is 0 Å². The largest absolute Gasteiger partial charge is 0.478 e. The number of benzene rings is 2. The summed E-state index contributed by atoms with van der Waals surface area (Å²) >= 11 is 3.34. The maximum Gasteiger partial charge on any atom is 0.336 e. The third-order valence-electron chi connectivity index (χ3n) is 4.63. The fraction of sp³-hybridized carbons (Fsp3) is 0.227. The number of carbonyl (C=O) groups is 2. The first-order valence-electron chi connectivity index (χ1n) is 9.35. The van der Waals surface area contributed by atoms with Gasteiger partial charge in [0, 0.05) is 34.7 Å². The van der Waals surface area contributed by atoms with Crippen molar-refractivity contribution in [3.8, 4) is 0 Å². The number of hydrogen-bond donors (Lipinski definition) is 2. The van der Waals surface area contributed by atoms with Gasteiger partial charge in [-0.3, -0.25) is 4.79 Å². The van der Waals surface area contributed by atoms with Crippen molar-refractivity contribution >= 4 is 50.2 Å². The summed E-state index contributed by atoms with van der Waals surface area (Å²) in [5.74, 6) is -0.675. The van der Waals surface area contributed by atoms with Gasteiger partial charge in [-0.1, -0.05) is 29.3 Å². The molecular formula is C22H22BrN3O3. The van der Waals surface area contributed by atoms with Crippen LogP contribution in [0.5, 0.6) is 0 Å². The monoisotopic (exact) mass is 455 g/mol. The first-order valence-corrected chi connectivity index (χ1v) is 10.1. The molecule has 0 bridgehead atoms. The number of carboxylic acids is 1. The van der Waals surface area contributed by atoms with E-state index >= 15 is 0 Å². The normalized spacial score (nSPS) is 10.7. The maximum atomic E-state index is 12.5. The Bertz CT molecular complexity index is 1050. The zero-order valence-electron chi connectivity index (χ0n) is 16.3. The van der Waals surface area contributed by atoms with Crippen LogP contribution in [0.15, 0.2) is 53.0 Å². The molecule has 3 rings (SSSR count). The third-order valence-corrected chi connectivity index (χ3v) is 5.16. The highest BCUT2D eigenvalue weighted by molar-refractivity contribution is 9.10. The van der Waals surface area contributed by atoms with E-state index in [4.69, 9.17) is 0 Å². The van der Waals surface area contributed by atoms with E-state index in [9.17, 15) is 14.7 Å². The van der Waals surface area contributed by atoms with E-state index in [2.05, 4.69) is 33.2 Å². The van der Waals surface area contributed by atoms with Crippen LogP contribution >= 0.6 is 15.9 Å². The molecule has 3 aromatic rings. The Balaban J connectivity index is 1.94. The van der Waals surface area contributed by atoms with Crippen molar-refractivity contribution in [2.24, 2.45) is 0 Å². The summed E-state index contributed by atoms with van der Waals surface area (Å²) in [7, 11) is 1.91. The lowest BCUT2D eigenvalue weighted by molar-refractivity contribution is 0.0698. The van der Waals surface area contributed by atoms with E-state index < -0.39 is 5.97 Å². The molecule has 2 aromatic carbocycles. The van der Waals surface area contributed by atoms with Gasteiger partial charge in [0.05, 0.1) is 11.1 Å². The van der Waals surface area contributed by atoms with Crippen LogP contribution in [0.1, 0.15) is 40.5 Å². The van der Waals surface area contributed by atoms with Gasteiger partial charge >= 0.3 is 5.97 Å². The predicted molar refractivity (Wildman–Crippen MR) is 119 cm³/mol. The number of anilines is 2. The quantitative estimate of drug-likeness (QED) is 0.512. The average molecular weight is 456 g/mol. The molecule has 0 saturated heterocycles. The summed E-state index contributed by atoms with van der Waals surface area (Å²) in [5, 5.41) is 13.0. The molecule has 150 valence electrons. The van der Waals surface area contributed by atoms with Gasteiger partial charge in [0.1, 0.15) is 5.82 Å². The molecule has 0 saturated carbocycles. The first kappa shape index (κ1) is 20.8. The molecule has 1 amide bonds.